The van der Waals surface area contributed by atoms with Gasteiger partial charge in [0.15, 0.2) is 0 Å². The van der Waals surface area contributed by atoms with Crippen molar-refractivity contribution in [2.75, 3.05) is 13.7 Å². The van der Waals surface area contributed by atoms with Gasteiger partial charge in [-0.25, -0.2) is 0 Å². The zero-order valence-corrected chi connectivity index (χ0v) is 8.37. The molecule has 1 rings (SSSR count). The first kappa shape index (κ1) is 9.64. The van der Waals surface area contributed by atoms with E-state index in [4.69, 9.17) is 5.11 Å². The van der Waals surface area contributed by atoms with Gasteiger partial charge in [-0.3, -0.25) is 4.98 Å². The molecule has 0 fully saturated rings. The molecule has 0 aromatic carbocycles. The van der Waals surface area contributed by atoms with Crippen molar-refractivity contribution < 1.29 is 5.11 Å². The molecule has 66 valence electrons. The van der Waals surface area contributed by atoms with Gasteiger partial charge in [0, 0.05) is 10.7 Å². The lowest BCUT2D eigenvalue weighted by molar-refractivity contribution is 0.248. The summed E-state index contributed by atoms with van der Waals surface area (Å²) in [5, 5.41) is 11.9. The van der Waals surface area contributed by atoms with Gasteiger partial charge in [-0.2, -0.15) is 0 Å². The highest BCUT2D eigenvalue weighted by Crippen LogP contribution is 2.19. The van der Waals surface area contributed by atoms with E-state index in [-0.39, 0.29) is 12.6 Å². The Morgan fingerprint density at radius 3 is 3.00 bits per heavy atom. The topological polar surface area (TPSA) is 45.1 Å². The van der Waals surface area contributed by atoms with Crippen LogP contribution in [0.15, 0.2) is 22.8 Å². The van der Waals surface area contributed by atoms with Crippen LogP contribution in [0.1, 0.15) is 11.7 Å². The Hall–Kier alpha value is -0.450. The summed E-state index contributed by atoms with van der Waals surface area (Å²) in [5.41, 5.74) is 0.836. The number of aliphatic hydroxyl groups excluding tert-OH is 1. The van der Waals surface area contributed by atoms with E-state index in [0.29, 0.717) is 0 Å². The molecule has 0 saturated carbocycles. The fraction of sp³-hybridized carbons (Fsp3) is 0.375. The first-order chi connectivity index (χ1) is 5.79. The molecule has 0 spiro atoms. The molecule has 1 atom stereocenters. The minimum absolute atomic E-state index is 0.0477. The van der Waals surface area contributed by atoms with E-state index >= 15 is 0 Å². The number of rotatable bonds is 3. The highest BCUT2D eigenvalue weighted by atomic mass is 79.9. The van der Waals surface area contributed by atoms with Crippen LogP contribution in [-0.2, 0) is 0 Å². The molecule has 2 N–H and O–H groups in total. The van der Waals surface area contributed by atoms with Gasteiger partial charge in [-0.05, 0) is 35.1 Å². The predicted octanol–water partition coefficient (Wildman–Crippen LogP) is 1.10. The van der Waals surface area contributed by atoms with Crippen LogP contribution < -0.4 is 5.32 Å². The number of aliphatic hydroxyl groups is 1. The van der Waals surface area contributed by atoms with Gasteiger partial charge in [0.25, 0.3) is 0 Å². The van der Waals surface area contributed by atoms with Crippen molar-refractivity contribution in [3.05, 3.63) is 28.5 Å². The summed E-state index contributed by atoms with van der Waals surface area (Å²) in [6.45, 7) is 0.0477. The van der Waals surface area contributed by atoms with Gasteiger partial charge in [0.2, 0.25) is 0 Å². The minimum Gasteiger partial charge on any atom is -0.394 e. The molecule has 1 aromatic rings. The van der Waals surface area contributed by atoms with Crippen molar-refractivity contribution in [2.45, 2.75) is 6.04 Å². The quantitative estimate of drug-likeness (QED) is 0.818. The Kier molecular flexibility index (Phi) is 3.65. The van der Waals surface area contributed by atoms with Crippen LogP contribution >= 0.6 is 15.9 Å². The maximum Gasteiger partial charge on any atom is 0.0739 e. The zero-order chi connectivity index (χ0) is 8.97. The van der Waals surface area contributed by atoms with Crippen LogP contribution in [0.3, 0.4) is 0 Å². The largest absolute Gasteiger partial charge is 0.394 e. The van der Waals surface area contributed by atoms with Crippen molar-refractivity contribution in [3.63, 3.8) is 0 Å². The van der Waals surface area contributed by atoms with Crippen LogP contribution in [-0.4, -0.2) is 23.7 Å². The normalized spacial score (nSPS) is 12.9. The molecular formula is C8H11BrN2O. The van der Waals surface area contributed by atoms with Gasteiger partial charge in [-0.1, -0.05) is 0 Å². The molecular weight excluding hydrogens is 220 g/mol. The highest BCUT2D eigenvalue weighted by Gasteiger charge is 2.11. The number of halogens is 1. The lowest BCUT2D eigenvalue weighted by Gasteiger charge is -2.13. The summed E-state index contributed by atoms with van der Waals surface area (Å²) in [4.78, 5) is 4.15. The Labute approximate surface area is 80.0 Å². The summed E-state index contributed by atoms with van der Waals surface area (Å²) in [6.07, 6.45) is 1.71. The van der Waals surface area contributed by atoms with Crippen LogP contribution in [0.5, 0.6) is 0 Å². The van der Waals surface area contributed by atoms with E-state index in [1.807, 2.05) is 12.1 Å². The number of likely N-dealkylation sites (N-methyl/N-ethyl adjacent to an activating group) is 1. The van der Waals surface area contributed by atoms with E-state index < -0.39 is 0 Å². The van der Waals surface area contributed by atoms with E-state index in [1.54, 1.807) is 13.2 Å². The predicted molar refractivity (Wildman–Crippen MR) is 50.8 cm³/mol. The third-order valence-corrected chi connectivity index (χ3v) is 2.32. The van der Waals surface area contributed by atoms with Crippen molar-refractivity contribution in [1.82, 2.24) is 10.3 Å². The molecule has 0 aliphatic heterocycles. The molecule has 1 heterocycles. The van der Waals surface area contributed by atoms with Crippen molar-refractivity contribution in [3.8, 4) is 0 Å². The zero-order valence-electron chi connectivity index (χ0n) is 6.79. The minimum atomic E-state index is -0.0967. The van der Waals surface area contributed by atoms with Gasteiger partial charge in [0.1, 0.15) is 0 Å². The second kappa shape index (κ2) is 4.54. The molecule has 0 aliphatic rings. The van der Waals surface area contributed by atoms with Gasteiger partial charge in [0.05, 0.1) is 18.3 Å². The van der Waals surface area contributed by atoms with Crippen molar-refractivity contribution in [1.29, 1.82) is 0 Å². The summed E-state index contributed by atoms with van der Waals surface area (Å²) < 4.78 is 0.915. The Morgan fingerprint density at radius 2 is 2.50 bits per heavy atom. The first-order valence-electron chi connectivity index (χ1n) is 3.68. The molecule has 0 bridgehead atoms. The standard InChI is InChI=1S/C8H11BrN2O/c1-10-7(5-12)8-6(9)3-2-4-11-8/h2-4,7,10,12H,5H2,1H3. The smallest absolute Gasteiger partial charge is 0.0739 e. The molecule has 1 aromatic heterocycles. The van der Waals surface area contributed by atoms with Crippen molar-refractivity contribution in [2.24, 2.45) is 0 Å². The Bertz CT molecular complexity index is 251. The van der Waals surface area contributed by atoms with E-state index in [1.165, 1.54) is 0 Å². The van der Waals surface area contributed by atoms with E-state index in [9.17, 15) is 0 Å². The molecule has 12 heavy (non-hydrogen) atoms. The summed E-state index contributed by atoms with van der Waals surface area (Å²) in [7, 11) is 1.79. The average Bonchev–Trinajstić information content (AvgIpc) is 2.10. The maximum absolute atomic E-state index is 8.98. The van der Waals surface area contributed by atoms with Gasteiger partial charge >= 0.3 is 0 Å². The molecule has 0 amide bonds. The fourth-order valence-corrected chi connectivity index (χ4v) is 1.50. The SMILES string of the molecule is CNC(CO)c1ncccc1Br. The number of aromatic nitrogens is 1. The number of hydrogen-bond acceptors (Lipinski definition) is 3. The summed E-state index contributed by atoms with van der Waals surface area (Å²) >= 11 is 3.36. The highest BCUT2D eigenvalue weighted by molar-refractivity contribution is 9.10. The van der Waals surface area contributed by atoms with Gasteiger partial charge in [-0.15, -0.1) is 0 Å². The third-order valence-electron chi connectivity index (χ3n) is 1.65. The monoisotopic (exact) mass is 230 g/mol. The number of nitrogens with zero attached hydrogens (tertiary/aromatic N) is 1. The van der Waals surface area contributed by atoms with E-state index in [0.717, 1.165) is 10.2 Å². The Morgan fingerprint density at radius 1 is 1.75 bits per heavy atom. The fourth-order valence-electron chi connectivity index (χ4n) is 0.969. The number of nitrogens with one attached hydrogen (secondary N) is 1. The molecule has 4 heteroatoms. The second-order valence-electron chi connectivity index (χ2n) is 2.39. The lowest BCUT2D eigenvalue weighted by Crippen LogP contribution is -2.21. The molecule has 0 saturated heterocycles. The average molecular weight is 231 g/mol. The maximum atomic E-state index is 8.98. The van der Waals surface area contributed by atoms with Crippen LogP contribution in [0.4, 0.5) is 0 Å². The van der Waals surface area contributed by atoms with Crippen LogP contribution in [0, 0.1) is 0 Å². The Balaban J connectivity index is 2.92. The molecule has 0 aliphatic carbocycles. The molecule has 3 nitrogen and oxygen atoms in total. The van der Waals surface area contributed by atoms with Crippen LogP contribution in [0.2, 0.25) is 0 Å². The lowest BCUT2D eigenvalue weighted by atomic mass is 10.2. The summed E-state index contributed by atoms with van der Waals surface area (Å²) in [5.74, 6) is 0. The van der Waals surface area contributed by atoms with Gasteiger partial charge < -0.3 is 10.4 Å². The second-order valence-corrected chi connectivity index (χ2v) is 3.25. The van der Waals surface area contributed by atoms with Crippen molar-refractivity contribution >= 4 is 15.9 Å². The van der Waals surface area contributed by atoms with Crippen LogP contribution in [0.25, 0.3) is 0 Å². The molecule has 0 radical (unpaired) electrons. The summed E-state index contributed by atoms with van der Waals surface area (Å²) in [6, 6.07) is 3.65. The molecule has 1 unspecified atom stereocenters. The number of pyridine rings is 1. The third kappa shape index (κ3) is 2.03. The first-order valence-corrected chi connectivity index (χ1v) is 4.47. The number of hydrogen-bond donors (Lipinski definition) is 2. The van der Waals surface area contributed by atoms with E-state index in [2.05, 4.69) is 26.2 Å².